The van der Waals surface area contributed by atoms with Crippen molar-refractivity contribution in [1.82, 2.24) is 20.1 Å². The van der Waals surface area contributed by atoms with Crippen LogP contribution < -0.4 is 10.1 Å². The maximum Gasteiger partial charge on any atom is 0.253 e. The third-order valence-electron chi connectivity index (χ3n) is 3.79. The number of carbonyl (C=O) groups excluding carboxylic acids is 1. The number of ether oxygens (including phenoxy) is 1. The molecule has 6 nitrogen and oxygen atoms in total. The Hall–Kier alpha value is -2.22. The molecule has 1 aromatic heterocycles. The molecule has 0 saturated carbocycles. The average molecular weight is 423 g/mol. The number of halogens is 2. The highest BCUT2D eigenvalue weighted by atomic mass is 35.5. The lowest BCUT2D eigenvalue weighted by molar-refractivity contribution is 0.0950. The molecular formula is C18H16Cl2N4O2S. The second-order valence-corrected chi connectivity index (χ2v) is 7.03. The van der Waals surface area contributed by atoms with Crippen LogP contribution in [0, 0.1) is 0 Å². The van der Waals surface area contributed by atoms with Crippen LogP contribution in [0.5, 0.6) is 5.75 Å². The summed E-state index contributed by atoms with van der Waals surface area (Å²) in [6.07, 6.45) is 1.91. The summed E-state index contributed by atoms with van der Waals surface area (Å²) in [4.78, 5) is 12.5. The maximum absolute atomic E-state index is 12.5. The molecule has 3 aromatic rings. The smallest absolute Gasteiger partial charge is 0.253 e. The van der Waals surface area contributed by atoms with E-state index in [4.69, 9.17) is 27.9 Å². The first kappa shape index (κ1) is 19.5. The largest absolute Gasteiger partial charge is 0.495 e. The summed E-state index contributed by atoms with van der Waals surface area (Å²) in [5, 5.41) is 12.7. The minimum Gasteiger partial charge on any atom is -0.495 e. The third kappa shape index (κ3) is 4.21. The van der Waals surface area contributed by atoms with Crippen LogP contribution in [0.15, 0.2) is 47.6 Å². The topological polar surface area (TPSA) is 69.0 Å². The van der Waals surface area contributed by atoms with Crippen molar-refractivity contribution < 1.29 is 9.53 Å². The number of rotatable bonds is 6. The van der Waals surface area contributed by atoms with Gasteiger partial charge in [0.1, 0.15) is 5.75 Å². The molecule has 0 aliphatic carbocycles. The summed E-state index contributed by atoms with van der Waals surface area (Å²) < 4.78 is 7.29. The first-order valence-electron chi connectivity index (χ1n) is 7.90. The molecule has 27 heavy (non-hydrogen) atoms. The van der Waals surface area contributed by atoms with Gasteiger partial charge < -0.3 is 10.1 Å². The fraction of sp³-hybridized carbons (Fsp3) is 0.167. The number of nitrogens with one attached hydrogen (secondary N) is 1. The summed E-state index contributed by atoms with van der Waals surface area (Å²) in [6.45, 7) is 0.160. The Morgan fingerprint density at radius 2 is 2.00 bits per heavy atom. The first-order chi connectivity index (χ1) is 13.0. The zero-order valence-corrected chi connectivity index (χ0v) is 16.9. The fourth-order valence-corrected chi connectivity index (χ4v) is 3.41. The van der Waals surface area contributed by atoms with E-state index >= 15 is 0 Å². The van der Waals surface area contributed by atoms with E-state index in [1.165, 1.54) is 17.8 Å². The molecule has 1 heterocycles. The van der Waals surface area contributed by atoms with Gasteiger partial charge in [-0.15, -0.1) is 10.2 Å². The number of hydrogen-bond donors (Lipinski definition) is 1. The zero-order valence-electron chi connectivity index (χ0n) is 14.6. The van der Waals surface area contributed by atoms with Gasteiger partial charge in [0.25, 0.3) is 5.91 Å². The lowest BCUT2D eigenvalue weighted by Gasteiger charge is -2.13. The molecule has 2 aromatic carbocycles. The van der Waals surface area contributed by atoms with E-state index in [1.54, 1.807) is 19.2 Å². The molecule has 0 saturated heterocycles. The number of carbonyl (C=O) groups is 1. The molecule has 0 aliphatic heterocycles. The van der Waals surface area contributed by atoms with Gasteiger partial charge in [0.05, 0.1) is 29.9 Å². The second kappa shape index (κ2) is 8.65. The molecule has 1 amide bonds. The monoisotopic (exact) mass is 422 g/mol. The van der Waals surface area contributed by atoms with Gasteiger partial charge in [-0.05, 0) is 36.6 Å². The van der Waals surface area contributed by atoms with Gasteiger partial charge in [-0.25, -0.2) is 0 Å². The molecule has 0 atom stereocenters. The number of thioether (sulfide) groups is 1. The molecule has 0 unspecified atom stereocenters. The van der Waals surface area contributed by atoms with Crippen molar-refractivity contribution in [3.8, 4) is 11.4 Å². The van der Waals surface area contributed by atoms with Crippen LogP contribution in [0.2, 0.25) is 10.0 Å². The lowest BCUT2D eigenvalue weighted by atomic mass is 10.2. The van der Waals surface area contributed by atoms with Crippen molar-refractivity contribution in [3.05, 3.63) is 63.9 Å². The van der Waals surface area contributed by atoms with Crippen LogP contribution in [0.25, 0.3) is 5.69 Å². The van der Waals surface area contributed by atoms with E-state index in [-0.39, 0.29) is 12.5 Å². The number of benzene rings is 2. The van der Waals surface area contributed by atoms with Crippen molar-refractivity contribution in [2.75, 3.05) is 13.4 Å². The van der Waals surface area contributed by atoms with E-state index in [9.17, 15) is 4.79 Å². The Bertz CT molecular complexity index is 978. The predicted octanol–water partition coefficient (Wildman–Crippen LogP) is 4.23. The van der Waals surface area contributed by atoms with E-state index in [0.717, 1.165) is 5.69 Å². The van der Waals surface area contributed by atoms with Gasteiger partial charge in [0.2, 0.25) is 0 Å². The highest BCUT2D eigenvalue weighted by Gasteiger charge is 2.18. The normalized spacial score (nSPS) is 10.7. The SMILES string of the molecule is COc1ccccc1-n1c(CNC(=O)c2cc(Cl)ccc2Cl)nnc1SC. The predicted molar refractivity (Wildman–Crippen MR) is 107 cm³/mol. The van der Waals surface area contributed by atoms with Gasteiger partial charge in [0.15, 0.2) is 11.0 Å². The van der Waals surface area contributed by atoms with Crippen LogP contribution in [-0.2, 0) is 6.54 Å². The summed E-state index contributed by atoms with van der Waals surface area (Å²) >= 11 is 13.5. The van der Waals surface area contributed by atoms with Crippen LogP contribution in [0.3, 0.4) is 0 Å². The van der Waals surface area contributed by atoms with E-state index in [0.29, 0.717) is 32.3 Å². The number of methoxy groups -OCH3 is 1. The van der Waals surface area contributed by atoms with E-state index in [2.05, 4.69) is 15.5 Å². The zero-order chi connectivity index (χ0) is 19.4. The van der Waals surface area contributed by atoms with Crippen LogP contribution in [0.1, 0.15) is 16.2 Å². The summed E-state index contributed by atoms with van der Waals surface area (Å²) in [6, 6.07) is 12.3. The number of aromatic nitrogens is 3. The molecule has 1 N–H and O–H groups in total. The lowest BCUT2D eigenvalue weighted by Crippen LogP contribution is -2.25. The molecular weight excluding hydrogens is 407 g/mol. The summed E-state index contributed by atoms with van der Waals surface area (Å²) in [5.74, 6) is 0.899. The molecule has 9 heteroatoms. The van der Waals surface area contributed by atoms with Gasteiger partial charge in [-0.2, -0.15) is 0 Å². The Labute approximate surface area is 170 Å². The Kier molecular flexibility index (Phi) is 6.26. The maximum atomic E-state index is 12.5. The van der Waals surface area contributed by atoms with Gasteiger partial charge in [-0.3, -0.25) is 9.36 Å². The second-order valence-electron chi connectivity index (χ2n) is 5.42. The minimum absolute atomic E-state index is 0.160. The number of hydrogen-bond acceptors (Lipinski definition) is 5. The molecule has 0 bridgehead atoms. The van der Waals surface area contributed by atoms with E-state index < -0.39 is 0 Å². The Morgan fingerprint density at radius 3 is 2.74 bits per heavy atom. The fourth-order valence-electron chi connectivity index (χ4n) is 2.53. The third-order valence-corrected chi connectivity index (χ3v) is 4.98. The first-order valence-corrected chi connectivity index (χ1v) is 9.88. The quantitative estimate of drug-likeness (QED) is 0.601. The van der Waals surface area contributed by atoms with Crippen LogP contribution >= 0.6 is 35.0 Å². The summed E-state index contributed by atoms with van der Waals surface area (Å²) in [5.41, 5.74) is 1.09. The molecule has 0 spiro atoms. The van der Waals surface area contributed by atoms with Gasteiger partial charge in [0, 0.05) is 5.02 Å². The average Bonchev–Trinajstić information content (AvgIpc) is 3.10. The Balaban J connectivity index is 1.89. The Morgan fingerprint density at radius 1 is 1.22 bits per heavy atom. The molecule has 0 aliphatic rings. The number of amides is 1. The molecule has 0 radical (unpaired) electrons. The molecule has 3 rings (SSSR count). The van der Waals surface area contributed by atoms with Crippen molar-refractivity contribution >= 4 is 40.9 Å². The number of para-hydroxylation sites is 2. The minimum atomic E-state index is -0.345. The van der Waals surface area contributed by atoms with Crippen LogP contribution in [-0.4, -0.2) is 34.0 Å². The molecule has 0 fully saturated rings. The van der Waals surface area contributed by atoms with Crippen molar-refractivity contribution in [1.29, 1.82) is 0 Å². The highest BCUT2D eigenvalue weighted by molar-refractivity contribution is 7.98. The van der Waals surface area contributed by atoms with Crippen molar-refractivity contribution in [2.24, 2.45) is 0 Å². The van der Waals surface area contributed by atoms with Gasteiger partial charge >= 0.3 is 0 Å². The van der Waals surface area contributed by atoms with Gasteiger partial charge in [-0.1, -0.05) is 47.1 Å². The molecule has 140 valence electrons. The van der Waals surface area contributed by atoms with Crippen molar-refractivity contribution in [2.45, 2.75) is 11.7 Å². The van der Waals surface area contributed by atoms with E-state index in [1.807, 2.05) is 35.1 Å². The van der Waals surface area contributed by atoms with Crippen molar-refractivity contribution in [3.63, 3.8) is 0 Å². The standard InChI is InChI=1S/C18H16Cl2N4O2S/c1-26-15-6-4-3-5-14(15)24-16(22-23-18(24)27-2)10-21-17(25)12-9-11(19)7-8-13(12)20/h3-9H,10H2,1-2H3,(H,21,25). The van der Waals surface area contributed by atoms with Crippen LogP contribution in [0.4, 0.5) is 0 Å². The number of nitrogens with zero attached hydrogens (tertiary/aromatic N) is 3. The highest BCUT2D eigenvalue weighted by Crippen LogP contribution is 2.27. The summed E-state index contributed by atoms with van der Waals surface area (Å²) in [7, 11) is 1.60.